The number of carboxylic acids is 1. The lowest BCUT2D eigenvalue weighted by Crippen LogP contribution is -2.18. The summed E-state index contributed by atoms with van der Waals surface area (Å²) in [6.07, 6.45) is 11.9. The van der Waals surface area contributed by atoms with Crippen LogP contribution in [0, 0.1) is 0 Å². The van der Waals surface area contributed by atoms with E-state index in [4.69, 9.17) is 68.9 Å². The Labute approximate surface area is 665 Å². The van der Waals surface area contributed by atoms with E-state index in [1.165, 1.54) is 34.0 Å². The SMILES string of the molecule is C.CCOC(CCCN)OCC.CCOC(CCCNc1ccnc2oc(-c3ccccc3)c(-c3ccc(OC)cc3)c12)OCC.COC(=O)CP(=O)(OC)OC.COc1ccc(-c2c(-c3ccccc3)oc3ncnc(Cl)c23)cc1.COc1ccc(-c2c(-c3ccccc3)oc3ncnc(NCCC/C=C/C(=O)O)c23)cc1. The number of ether oxygens (including phenoxy) is 8. The highest BCUT2D eigenvalue weighted by Gasteiger charge is 2.27. The second-order valence-corrected chi connectivity index (χ2v) is 26.8. The molecular formula is C86H102ClN8O17P. The number of allylic oxidation sites excluding steroid dienone is 1. The Kier molecular flexibility index (Phi) is 37.6. The first-order chi connectivity index (χ1) is 54.6. The summed E-state index contributed by atoms with van der Waals surface area (Å²) in [7, 11) is 5.36. The Morgan fingerprint density at radius 3 is 1.33 bits per heavy atom. The van der Waals surface area contributed by atoms with Crippen LogP contribution < -0.4 is 30.6 Å². The van der Waals surface area contributed by atoms with Crippen LogP contribution >= 0.6 is 19.2 Å². The number of halogens is 1. The van der Waals surface area contributed by atoms with Gasteiger partial charge < -0.3 is 81.7 Å². The first-order valence-electron chi connectivity index (χ1n) is 36.6. The van der Waals surface area contributed by atoms with Gasteiger partial charge in [-0.25, -0.2) is 29.7 Å². The van der Waals surface area contributed by atoms with E-state index < -0.39 is 19.5 Å². The van der Waals surface area contributed by atoms with Crippen molar-refractivity contribution in [2.24, 2.45) is 5.73 Å². The normalized spacial score (nSPS) is 11.0. The van der Waals surface area contributed by atoms with Crippen LogP contribution in [0.15, 0.2) is 214 Å². The minimum Gasteiger partial charge on any atom is -0.497 e. The summed E-state index contributed by atoms with van der Waals surface area (Å²) >= 11 is 6.34. The molecule has 6 heterocycles. The van der Waals surface area contributed by atoms with E-state index in [2.05, 4.69) is 73.6 Å². The van der Waals surface area contributed by atoms with Crippen LogP contribution in [-0.4, -0.2) is 149 Å². The third-order valence-electron chi connectivity index (χ3n) is 17.0. The number of unbranched alkanes of at least 4 members (excludes halogenated alkanes) is 1. The van der Waals surface area contributed by atoms with Crippen molar-refractivity contribution in [2.45, 2.75) is 86.2 Å². The van der Waals surface area contributed by atoms with Gasteiger partial charge in [-0.05, 0) is 125 Å². The fraction of sp³-hybridized carbons (Fsp3) is 0.314. The molecule has 0 aliphatic carbocycles. The number of nitrogens with zero attached hydrogens (tertiary/aromatic N) is 5. The molecule has 0 aliphatic heterocycles. The number of benzene rings is 6. The zero-order valence-corrected chi connectivity index (χ0v) is 66.4. The third kappa shape index (κ3) is 25.9. The average molecular weight is 1590 g/mol. The maximum Gasteiger partial charge on any atom is 0.341 e. The summed E-state index contributed by atoms with van der Waals surface area (Å²) in [5, 5.41) is 18.5. The summed E-state index contributed by atoms with van der Waals surface area (Å²) < 4.78 is 80.8. The summed E-state index contributed by atoms with van der Waals surface area (Å²) in [6.45, 7) is 12.7. The number of hydrogen-bond donors (Lipinski definition) is 4. The summed E-state index contributed by atoms with van der Waals surface area (Å²) in [5.74, 6) is 3.74. The van der Waals surface area contributed by atoms with Gasteiger partial charge in [0.05, 0.1) is 44.6 Å². The number of methoxy groups -OCH3 is 4. The Morgan fingerprint density at radius 1 is 0.504 bits per heavy atom. The molecule has 6 aromatic heterocycles. The molecule has 27 heteroatoms. The van der Waals surface area contributed by atoms with Gasteiger partial charge in [0, 0.05) is 111 Å². The van der Waals surface area contributed by atoms with Crippen molar-refractivity contribution in [3.8, 4) is 84.6 Å². The van der Waals surface area contributed by atoms with E-state index in [1.807, 2.05) is 173 Å². The molecule has 25 nitrogen and oxygen atoms in total. The number of nitrogens with one attached hydrogen (secondary N) is 2. The van der Waals surface area contributed by atoms with Crippen molar-refractivity contribution < 1.29 is 79.5 Å². The molecule has 113 heavy (non-hydrogen) atoms. The third-order valence-corrected chi connectivity index (χ3v) is 19.0. The van der Waals surface area contributed by atoms with E-state index in [9.17, 15) is 14.2 Å². The maximum atomic E-state index is 11.2. The van der Waals surface area contributed by atoms with Crippen LogP contribution in [0.1, 0.15) is 73.6 Å². The molecule has 12 aromatic rings. The second-order valence-electron chi connectivity index (χ2n) is 24.2. The van der Waals surface area contributed by atoms with Crippen molar-refractivity contribution in [2.75, 3.05) is 106 Å². The first-order valence-corrected chi connectivity index (χ1v) is 38.8. The molecule has 0 amide bonds. The highest BCUT2D eigenvalue weighted by Crippen LogP contribution is 2.48. The van der Waals surface area contributed by atoms with Gasteiger partial charge in [0.15, 0.2) is 12.6 Å². The number of hydrogen-bond acceptors (Lipinski definition) is 24. The molecule has 0 saturated carbocycles. The van der Waals surface area contributed by atoms with Crippen LogP contribution in [-0.2, 0) is 46.9 Å². The number of rotatable bonds is 35. The number of aliphatic carboxylic acids is 1. The monoisotopic (exact) mass is 1580 g/mol. The number of carbonyl (C=O) groups is 2. The van der Waals surface area contributed by atoms with Gasteiger partial charge >= 0.3 is 19.5 Å². The highest BCUT2D eigenvalue weighted by atomic mass is 35.5. The number of furan rings is 3. The van der Waals surface area contributed by atoms with Crippen LogP contribution in [0.2, 0.25) is 5.15 Å². The molecular weight excluding hydrogens is 1480 g/mol. The predicted molar refractivity (Wildman–Crippen MR) is 445 cm³/mol. The van der Waals surface area contributed by atoms with Crippen molar-refractivity contribution in [3.05, 3.63) is 206 Å². The van der Waals surface area contributed by atoms with Gasteiger partial charge in [-0.3, -0.25) is 9.36 Å². The Morgan fingerprint density at radius 2 is 0.912 bits per heavy atom. The number of fused-ring (bicyclic) bond motifs is 3. The largest absolute Gasteiger partial charge is 0.497 e. The molecule has 0 spiro atoms. The van der Waals surface area contributed by atoms with E-state index in [1.54, 1.807) is 33.6 Å². The maximum absolute atomic E-state index is 11.2. The molecule has 600 valence electrons. The van der Waals surface area contributed by atoms with Crippen molar-refractivity contribution >= 4 is 75.9 Å². The topological polar surface area (TPSA) is 318 Å². The lowest BCUT2D eigenvalue weighted by Gasteiger charge is -2.17. The van der Waals surface area contributed by atoms with Crippen molar-refractivity contribution in [3.63, 3.8) is 0 Å². The number of carbonyl (C=O) groups excluding carboxylic acids is 1. The van der Waals surface area contributed by atoms with Crippen LogP contribution in [0.4, 0.5) is 11.5 Å². The molecule has 0 unspecified atom stereocenters. The zero-order valence-electron chi connectivity index (χ0n) is 64.7. The number of pyridine rings is 1. The van der Waals surface area contributed by atoms with Crippen LogP contribution in [0.3, 0.4) is 0 Å². The second kappa shape index (κ2) is 47.5. The summed E-state index contributed by atoms with van der Waals surface area (Å²) in [5.41, 5.74) is 16.6. The van der Waals surface area contributed by atoms with Crippen molar-refractivity contribution in [1.82, 2.24) is 24.9 Å². The molecule has 12 rings (SSSR count). The Balaban J connectivity index is 0.000000208. The van der Waals surface area contributed by atoms with E-state index in [-0.39, 0.29) is 26.2 Å². The van der Waals surface area contributed by atoms with Gasteiger partial charge in [-0.15, -0.1) is 0 Å². The molecule has 0 saturated heterocycles. The Hall–Kier alpha value is -10.8. The van der Waals surface area contributed by atoms with Gasteiger partial charge in [-0.1, -0.05) is 152 Å². The smallest absolute Gasteiger partial charge is 0.341 e. The standard InChI is InChI=1S/C28H32N2O4.C25H23N3O4.C19H13ClN2O2.C8H19NO2.C5H11O5P.CH4/c1-4-32-24(33-5-2)12-9-18-29-23-17-19-30-28-26(23)25(20-13-15-22(31-3)16-14-20)27(34-28)21-10-7-6-8-11-21;1-31-19-13-11-17(12-14-19)21-22-24(26-15-7-3-6-10-20(29)30)27-16-28-25(22)32-23(21)18-8-4-2-5-9-18;1-23-14-9-7-12(8-10-14)15-16-18(20)21-11-22-19(16)24-17(15)13-5-3-2-4-6-13;1-3-10-8(11-4-2)6-5-7-9;1-8-5(6)4-11(7,9-2)10-3;/h6-8,10-11,13-17,19,24H,4-5,9,12,18H2,1-3H3,(H,29,30);2,4-6,8-14,16H,3,7,15H2,1H3,(H,29,30)(H,26,27,28);2-11H,1H3;8H,3-7,9H2,1-2H3;4H2,1-3H3;1H4/b;10-6+;;;;. The van der Waals surface area contributed by atoms with E-state index >= 15 is 0 Å². The quantitative estimate of drug-likeness (QED) is 0.00716. The Bertz CT molecular complexity index is 4860. The molecule has 0 atom stereocenters. The van der Waals surface area contributed by atoms with Crippen LogP contribution in [0.5, 0.6) is 17.2 Å². The lowest BCUT2D eigenvalue weighted by atomic mass is 9.98. The van der Waals surface area contributed by atoms with Gasteiger partial charge in [-0.2, -0.15) is 0 Å². The lowest BCUT2D eigenvalue weighted by molar-refractivity contribution is -0.139. The fourth-order valence-electron chi connectivity index (χ4n) is 11.6. The molecule has 0 aliphatic rings. The molecule has 0 fully saturated rings. The first kappa shape index (κ1) is 89.4. The highest BCUT2D eigenvalue weighted by molar-refractivity contribution is 7.54. The van der Waals surface area contributed by atoms with Crippen LogP contribution in [0.25, 0.3) is 101 Å². The number of anilines is 2. The fourth-order valence-corrected chi connectivity index (χ4v) is 12.7. The number of esters is 1. The van der Waals surface area contributed by atoms with Gasteiger partial charge in [0.1, 0.15) is 64.3 Å². The van der Waals surface area contributed by atoms with Gasteiger partial charge in [0.2, 0.25) is 17.1 Å². The summed E-state index contributed by atoms with van der Waals surface area (Å²) in [6, 6.07) is 55.5. The molecule has 5 N–H and O–H groups in total. The van der Waals surface area contributed by atoms with Gasteiger partial charge in [0.25, 0.3) is 0 Å². The molecule has 0 radical (unpaired) electrons. The zero-order chi connectivity index (χ0) is 80.0. The number of carboxylic acid groups (broad SMARTS) is 1. The number of nitrogens with two attached hydrogens (primary N) is 1. The summed E-state index contributed by atoms with van der Waals surface area (Å²) in [4.78, 5) is 42.9. The average Bonchev–Trinajstić information content (AvgIpc) is 1.63. The molecule has 6 aromatic carbocycles. The van der Waals surface area contributed by atoms with E-state index in [0.29, 0.717) is 79.4 Å². The number of aromatic nitrogens is 5. The molecule has 0 bridgehead atoms. The van der Waals surface area contributed by atoms with E-state index in [0.717, 1.165) is 146 Å². The minimum atomic E-state index is -3.23. The minimum absolute atomic E-state index is 0. The predicted octanol–water partition coefficient (Wildman–Crippen LogP) is 19.8. The van der Waals surface area contributed by atoms with Crippen molar-refractivity contribution in [1.29, 1.82) is 0 Å².